The molecule has 0 aliphatic heterocycles. The van der Waals surface area contributed by atoms with Gasteiger partial charge in [-0.15, -0.1) is 0 Å². The Morgan fingerprint density at radius 3 is 2.60 bits per heavy atom. The van der Waals surface area contributed by atoms with E-state index < -0.39 is 0 Å². The van der Waals surface area contributed by atoms with Crippen molar-refractivity contribution in [3.8, 4) is 0 Å². The summed E-state index contributed by atoms with van der Waals surface area (Å²) >= 11 is 6.40. The van der Waals surface area contributed by atoms with Crippen LogP contribution in [0.5, 0.6) is 0 Å². The molecule has 2 rings (SSSR count). The van der Waals surface area contributed by atoms with E-state index in [1.165, 1.54) is 5.56 Å². The van der Waals surface area contributed by atoms with Crippen LogP contribution in [0.2, 0.25) is 5.02 Å². The predicted molar refractivity (Wildman–Crippen MR) is 82.0 cm³/mol. The molecule has 108 valence electrons. The quantitative estimate of drug-likeness (QED) is 0.889. The molecule has 0 saturated carbocycles. The number of rotatable bonds is 6. The average molecular weight is 293 g/mol. The zero-order valence-electron chi connectivity index (χ0n) is 12.2. The zero-order valence-corrected chi connectivity index (χ0v) is 13.0. The number of aryl methyl sites for hydroxylation is 2. The molecule has 1 N–H and O–H groups in total. The van der Waals surface area contributed by atoms with Gasteiger partial charge in [0, 0.05) is 31.4 Å². The molecule has 2 aromatic heterocycles. The molecule has 5 heteroatoms. The Morgan fingerprint density at radius 1 is 1.30 bits per heavy atom. The van der Waals surface area contributed by atoms with Gasteiger partial charge >= 0.3 is 0 Å². The van der Waals surface area contributed by atoms with E-state index in [2.05, 4.69) is 29.2 Å². The van der Waals surface area contributed by atoms with Crippen molar-refractivity contribution in [3.63, 3.8) is 0 Å². The topological polar surface area (TPSA) is 42.7 Å². The van der Waals surface area contributed by atoms with Gasteiger partial charge in [0.1, 0.15) is 0 Å². The van der Waals surface area contributed by atoms with Crippen LogP contribution in [0.1, 0.15) is 36.8 Å². The van der Waals surface area contributed by atoms with Gasteiger partial charge in [0.15, 0.2) is 0 Å². The molecule has 0 radical (unpaired) electrons. The smallest absolute Gasteiger partial charge is 0.0847 e. The molecule has 4 nitrogen and oxygen atoms in total. The fraction of sp³-hybridized carbons (Fsp3) is 0.467. The minimum atomic E-state index is 0.224. The van der Waals surface area contributed by atoms with Gasteiger partial charge in [-0.1, -0.05) is 18.5 Å². The number of hydrogen-bond donors (Lipinski definition) is 1. The number of nitrogens with one attached hydrogen (secondary N) is 1. The highest BCUT2D eigenvalue weighted by Crippen LogP contribution is 2.26. The van der Waals surface area contributed by atoms with Crippen LogP contribution in [-0.2, 0) is 13.0 Å². The zero-order chi connectivity index (χ0) is 14.5. The summed E-state index contributed by atoms with van der Waals surface area (Å²) in [7, 11) is 0. The third kappa shape index (κ3) is 3.19. The van der Waals surface area contributed by atoms with Gasteiger partial charge in [-0.2, -0.15) is 5.10 Å². The summed E-state index contributed by atoms with van der Waals surface area (Å²) in [5.74, 6) is 0. The van der Waals surface area contributed by atoms with E-state index in [9.17, 15) is 0 Å². The van der Waals surface area contributed by atoms with Crippen LogP contribution >= 0.6 is 11.6 Å². The first-order valence-electron chi connectivity index (χ1n) is 7.02. The summed E-state index contributed by atoms with van der Waals surface area (Å²) in [4.78, 5) is 4.08. The lowest BCUT2D eigenvalue weighted by atomic mass is 10.0. The minimum absolute atomic E-state index is 0.224. The SMILES string of the molecule is CCNC(Cc1c(Cl)c(C)nn1CC)c1ccncc1. The molecule has 0 aliphatic carbocycles. The van der Waals surface area contributed by atoms with Crippen molar-refractivity contribution in [1.29, 1.82) is 0 Å². The molecule has 0 saturated heterocycles. The molecule has 0 aromatic carbocycles. The maximum atomic E-state index is 6.40. The van der Waals surface area contributed by atoms with Crippen molar-refractivity contribution in [2.24, 2.45) is 0 Å². The van der Waals surface area contributed by atoms with Gasteiger partial charge < -0.3 is 5.32 Å². The fourth-order valence-corrected chi connectivity index (χ4v) is 2.62. The van der Waals surface area contributed by atoms with Crippen LogP contribution in [0.15, 0.2) is 24.5 Å². The van der Waals surface area contributed by atoms with E-state index in [0.29, 0.717) is 0 Å². The van der Waals surface area contributed by atoms with E-state index in [-0.39, 0.29) is 6.04 Å². The normalized spacial score (nSPS) is 12.6. The Morgan fingerprint density at radius 2 is 2.00 bits per heavy atom. The second-order valence-electron chi connectivity index (χ2n) is 4.76. The first kappa shape index (κ1) is 15.0. The van der Waals surface area contributed by atoms with Crippen molar-refractivity contribution in [3.05, 3.63) is 46.5 Å². The summed E-state index contributed by atoms with van der Waals surface area (Å²) in [5.41, 5.74) is 3.21. The first-order valence-corrected chi connectivity index (χ1v) is 7.40. The highest BCUT2D eigenvalue weighted by atomic mass is 35.5. The van der Waals surface area contributed by atoms with Gasteiger partial charge in [0.2, 0.25) is 0 Å². The lowest BCUT2D eigenvalue weighted by Gasteiger charge is -2.19. The predicted octanol–water partition coefficient (Wildman–Crippen LogP) is 3.15. The molecule has 1 unspecified atom stereocenters. The van der Waals surface area contributed by atoms with Crippen molar-refractivity contribution in [2.75, 3.05) is 6.54 Å². The molecule has 0 fully saturated rings. The fourth-order valence-electron chi connectivity index (χ4n) is 2.41. The molecule has 0 amide bonds. The Kier molecular flexibility index (Phi) is 5.15. The number of hydrogen-bond acceptors (Lipinski definition) is 3. The summed E-state index contributed by atoms with van der Waals surface area (Å²) in [6.45, 7) is 7.88. The lowest BCUT2D eigenvalue weighted by molar-refractivity contribution is 0.516. The molecule has 0 aliphatic rings. The Labute approximate surface area is 125 Å². The van der Waals surface area contributed by atoms with Crippen molar-refractivity contribution >= 4 is 11.6 Å². The van der Waals surface area contributed by atoms with Crippen LogP contribution in [0, 0.1) is 6.92 Å². The van der Waals surface area contributed by atoms with E-state index in [1.807, 2.05) is 36.1 Å². The maximum absolute atomic E-state index is 6.40. The first-order chi connectivity index (χ1) is 9.67. The Hall–Kier alpha value is -1.39. The number of likely N-dealkylation sites (N-methyl/N-ethyl adjacent to an activating group) is 1. The largest absolute Gasteiger partial charge is 0.310 e. The second kappa shape index (κ2) is 6.86. The summed E-state index contributed by atoms with van der Waals surface area (Å²) < 4.78 is 1.99. The van der Waals surface area contributed by atoms with Crippen molar-refractivity contribution < 1.29 is 0 Å². The van der Waals surface area contributed by atoms with Crippen LogP contribution in [0.25, 0.3) is 0 Å². The van der Waals surface area contributed by atoms with Gasteiger partial charge in [0.05, 0.1) is 16.4 Å². The monoisotopic (exact) mass is 292 g/mol. The van der Waals surface area contributed by atoms with Crippen LogP contribution < -0.4 is 5.32 Å². The number of halogens is 1. The molecular formula is C15H21ClN4. The van der Waals surface area contributed by atoms with Crippen molar-refractivity contribution in [2.45, 2.75) is 39.8 Å². The number of nitrogens with zero attached hydrogens (tertiary/aromatic N) is 3. The molecule has 1 atom stereocenters. The van der Waals surface area contributed by atoms with Gasteiger partial charge in [-0.3, -0.25) is 9.67 Å². The van der Waals surface area contributed by atoms with E-state index in [0.717, 1.165) is 35.9 Å². The molecule has 0 spiro atoms. The van der Waals surface area contributed by atoms with Gasteiger partial charge in [-0.25, -0.2) is 0 Å². The highest BCUT2D eigenvalue weighted by molar-refractivity contribution is 6.31. The summed E-state index contributed by atoms with van der Waals surface area (Å²) in [6, 6.07) is 4.31. The Bertz CT molecular complexity index is 551. The molecular weight excluding hydrogens is 272 g/mol. The van der Waals surface area contributed by atoms with Crippen LogP contribution in [-0.4, -0.2) is 21.3 Å². The third-order valence-electron chi connectivity index (χ3n) is 3.41. The standard InChI is InChI=1S/C15H21ClN4/c1-4-18-13(12-6-8-17-9-7-12)10-14-15(16)11(3)19-20(14)5-2/h6-9,13,18H,4-5,10H2,1-3H3. The van der Waals surface area contributed by atoms with Gasteiger partial charge in [0.25, 0.3) is 0 Å². The van der Waals surface area contributed by atoms with Crippen LogP contribution in [0.3, 0.4) is 0 Å². The molecule has 0 bridgehead atoms. The maximum Gasteiger partial charge on any atom is 0.0847 e. The molecule has 2 aromatic rings. The van der Waals surface area contributed by atoms with E-state index >= 15 is 0 Å². The summed E-state index contributed by atoms with van der Waals surface area (Å²) in [5, 5.41) is 8.77. The average Bonchev–Trinajstić information content (AvgIpc) is 2.75. The summed E-state index contributed by atoms with van der Waals surface area (Å²) in [6.07, 6.45) is 4.47. The lowest BCUT2D eigenvalue weighted by Crippen LogP contribution is -2.24. The highest BCUT2D eigenvalue weighted by Gasteiger charge is 2.18. The van der Waals surface area contributed by atoms with E-state index in [4.69, 9.17) is 11.6 Å². The molecule has 2 heterocycles. The minimum Gasteiger partial charge on any atom is -0.310 e. The van der Waals surface area contributed by atoms with Crippen molar-refractivity contribution in [1.82, 2.24) is 20.1 Å². The second-order valence-corrected chi connectivity index (χ2v) is 5.13. The number of pyridine rings is 1. The Balaban J connectivity index is 2.29. The number of aromatic nitrogens is 3. The van der Waals surface area contributed by atoms with Gasteiger partial charge in [-0.05, 0) is 38.1 Å². The van der Waals surface area contributed by atoms with E-state index in [1.54, 1.807) is 0 Å². The van der Waals surface area contributed by atoms with Crippen LogP contribution in [0.4, 0.5) is 0 Å². The molecule has 20 heavy (non-hydrogen) atoms. The third-order valence-corrected chi connectivity index (χ3v) is 3.90.